The van der Waals surface area contributed by atoms with E-state index in [-0.39, 0.29) is 12.3 Å². The summed E-state index contributed by atoms with van der Waals surface area (Å²) in [6.45, 7) is 8.22. The van der Waals surface area contributed by atoms with Crippen molar-refractivity contribution >= 4 is 17.7 Å². The number of hydrogen-bond donors (Lipinski definition) is 1. The van der Waals surface area contributed by atoms with E-state index in [1.807, 2.05) is 64.1 Å². The van der Waals surface area contributed by atoms with E-state index in [2.05, 4.69) is 44.6 Å². The van der Waals surface area contributed by atoms with E-state index in [9.17, 15) is 4.79 Å². The highest BCUT2D eigenvalue weighted by Crippen LogP contribution is 2.30. The summed E-state index contributed by atoms with van der Waals surface area (Å²) in [5.74, 6) is 0.494. The quantitative estimate of drug-likeness (QED) is 0.427. The molecule has 0 aliphatic carbocycles. The third kappa shape index (κ3) is 5.49. The van der Waals surface area contributed by atoms with Crippen LogP contribution in [0.2, 0.25) is 0 Å². The van der Waals surface area contributed by atoms with Crippen LogP contribution in [-0.4, -0.2) is 25.7 Å². The van der Waals surface area contributed by atoms with E-state index in [0.717, 1.165) is 38.8 Å². The maximum absolute atomic E-state index is 12.8. The number of aryl methyl sites for hydroxylation is 3. The van der Waals surface area contributed by atoms with Crippen LogP contribution in [0.5, 0.6) is 0 Å². The van der Waals surface area contributed by atoms with E-state index in [4.69, 9.17) is 0 Å². The van der Waals surface area contributed by atoms with Crippen LogP contribution in [0.1, 0.15) is 33.9 Å². The molecule has 0 bridgehead atoms. The molecule has 1 amide bonds. The first-order valence-corrected chi connectivity index (χ1v) is 11.7. The number of amides is 1. The van der Waals surface area contributed by atoms with Crippen LogP contribution in [0, 0.1) is 27.7 Å². The van der Waals surface area contributed by atoms with Gasteiger partial charge in [0.05, 0.1) is 12.1 Å². The largest absolute Gasteiger partial charge is 0.352 e. The van der Waals surface area contributed by atoms with E-state index >= 15 is 0 Å². The number of aromatic nitrogens is 4. The van der Waals surface area contributed by atoms with Crippen molar-refractivity contribution < 1.29 is 4.79 Å². The third-order valence-corrected chi connectivity index (χ3v) is 6.48. The fraction of sp³-hybridized carbons (Fsp3) is 0.231. The summed E-state index contributed by atoms with van der Waals surface area (Å²) in [4.78, 5) is 24.1. The summed E-state index contributed by atoms with van der Waals surface area (Å²) in [6, 6.07) is 20.3. The van der Waals surface area contributed by atoms with Crippen molar-refractivity contribution in [2.24, 2.45) is 0 Å². The first-order valence-electron chi connectivity index (χ1n) is 10.9. The highest BCUT2D eigenvalue weighted by atomic mass is 32.2. The predicted octanol–water partition coefficient (Wildman–Crippen LogP) is 4.91. The van der Waals surface area contributed by atoms with Crippen LogP contribution in [0.3, 0.4) is 0 Å². The Kier molecular flexibility index (Phi) is 6.89. The van der Waals surface area contributed by atoms with Gasteiger partial charge in [0.15, 0.2) is 0 Å². The summed E-state index contributed by atoms with van der Waals surface area (Å²) in [7, 11) is 0. The minimum Gasteiger partial charge on any atom is -0.352 e. The van der Waals surface area contributed by atoms with Gasteiger partial charge in [-0.25, -0.2) is 14.6 Å². The number of carbonyl (C=O) groups excluding carboxylic acids is 1. The van der Waals surface area contributed by atoms with Gasteiger partial charge in [0.1, 0.15) is 0 Å². The Morgan fingerprint density at radius 2 is 1.61 bits per heavy atom. The number of nitrogens with zero attached hydrogens (tertiary/aromatic N) is 4. The standard InChI is InChI=1S/C26H27N5OS/c1-17-14-18(2)29-26(28-17)31-20(4)23(19(3)30-31)15-25(32)27-16-21-10-8-9-13-24(21)33-22-11-6-5-7-12-22/h5-14H,15-16H2,1-4H3,(H,27,32). The smallest absolute Gasteiger partial charge is 0.251 e. The molecule has 2 aromatic heterocycles. The van der Waals surface area contributed by atoms with Crippen LogP contribution >= 0.6 is 11.8 Å². The van der Waals surface area contributed by atoms with Crippen LogP contribution in [0.15, 0.2) is 70.5 Å². The average molecular weight is 458 g/mol. The second-order valence-corrected chi connectivity index (χ2v) is 9.10. The minimum absolute atomic E-state index is 0.0402. The molecule has 33 heavy (non-hydrogen) atoms. The van der Waals surface area contributed by atoms with Crippen LogP contribution in [0.25, 0.3) is 5.95 Å². The zero-order valence-electron chi connectivity index (χ0n) is 19.3. The molecule has 168 valence electrons. The molecular weight excluding hydrogens is 430 g/mol. The fourth-order valence-corrected chi connectivity index (χ4v) is 4.67. The Labute approximate surface area is 198 Å². The molecule has 4 aromatic rings. The van der Waals surface area contributed by atoms with Gasteiger partial charge in [-0.05, 0) is 57.5 Å². The SMILES string of the molecule is Cc1cc(C)nc(-n2nc(C)c(CC(=O)NCc3ccccc3Sc3ccccc3)c2C)n1. The topological polar surface area (TPSA) is 72.7 Å². The molecule has 0 saturated carbocycles. The van der Waals surface area contributed by atoms with Gasteiger partial charge in [0.2, 0.25) is 5.91 Å². The predicted molar refractivity (Wildman–Crippen MR) is 131 cm³/mol. The summed E-state index contributed by atoms with van der Waals surface area (Å²) in [5, 5.41) is 7.68. The zero-order valence-corrected chi connectivity index (χ0v) is 20.1. The van der Waals surface area contributed by atoms with Gasteiger partial charge in [0.25, 0.3) is 5.95 Å². The molecule has 6 nitrogen and oxygen atoms in total. The second kappa shape index (κ2) is 10.0. The normalized spacial score (nSPS) is 10.9. The Bertz CT molecular complexity index is 1260. The Morgan fingerprint density at radius 1 is 0.939 bits per heavy atom. The molecule has 0 atom stereocenters. The molecule has 0 saturated heterocycles. The summed E-state index contributed by atoms with van der Waals surface area (Å²) < 4.78 is 1.73. The zero-order chi connectivity index (χ0) is 23.4. The van der Waals surface area contributed by atoms with E-state index in [0.29, 0.717) is 12.5 Å². The van der Waals surface area contributed by atoms with Gasteiger partial charge in [-0.1, -0.05) is 48.2 Å². The van der Waals surface area contributed by atoms with Gasteiger partial charge < -0.3 is 5.32 Å². The number of hydrogen-bond acceptors (Lipinski definition) is 5. The second-order valence-electron chi connectivity index (χ2n) is 7.99. The molecule has 2 aromatic carbocycles. The van der Waals surface area contributed by atoms with Crippen molar-refractivity contribution in [3.8, 4) is 5.95 Å². The lowest BCUT2D eigenvalue weighted by Crippen LogP contribution is -2.25. The Balaban J connectivity index is 1.46. The average Bonchev–Trinajstić information content (AvgIpc) is 3.07. The van der Waals surface area contributed by atoms with Crippen LogP contribution < -0.4 is 5.32 Å². The fourth-order valence-electron chi connectivity index (χ4n) is 3.71. The molecule has 0 aliphatic rings. The van der Waals surface area contributed by atoms with Gasteiger partial charge in [-0.15, -0.1) is 0 Å². The monoisotopic (exact) mass is 457 g/mol. The number of carbonyl (C=O) groups is 1. The van der Waals surface area contributed by atoms with E-state index < -0.39 is 0 Å². The molecule has 4 rings (SSSR count). The van der Waals surface area contributed by atoms with Gasteiger partial charge in [-0.3, -0.25) is 4.79 Å². The summed E-state index contributed by atoms with van der Waals surface area (Å²) in [5.41, 5.74) is 5.46. The van der Waals surface area contributed by atoms with Gasteiger partial charge in [-0.2, -0.15) is 5.10 Å². The highest BCUT2D eigenvalue weighted by Gasteiger charge is 2.18. The maximum atomic E-state index is 12.8. The van der Waals surface area contributed by atoms with Crippen molar-refractivity contribution in [3.63, 3.8) is 0 Å². The number of benzene rings is 2. The molecule has 2 heterocycles. The lowest BCUT2D eigenvalue weighted by atomic mass is 10.1. The van der Waals surface area contributed by atoms with Crippen molar-refractivity contribution in [1.82, 2.24) is 25.1 Å². The molecule has 0 unspecified atom stereocenters. The van der Waals surface area contributed by atoms with E-state index in [1.54, 1.807) is 16.4 Å². The van der Waals surface area contributed by atoms with Crippen molar-refractivity contribution in [1.29, 1.82) is 0 Å². The highest BCUT2D eigenvalue weighted by molar-refractivity contribution is 7.99. The molecule has 0 fully saturated rings. The van der Waals surface area contributed by atoms with Gasteiger partial charge >= 0.3 is 0 Å². The maximum Gasteiger partial charge on any atom is 0.251 e. The minimum atomic E-state index is -0.0402. The lowest BCUT2D eigenvalue weighted by molar-refractivity contribution is -0.120. The third-order valence-electron chi connectivity index (χ3n) is 5.36. The first-order chi connectivity index (χ1) is 15.9. The Morgan fingerprint density at radius 3 is 2.33 bits per heavy atom. The molecule has 0 radical (unpaired) electrons. The van der Waals surface area contributed by atoms with Gasteiger partial charge in [0, 0.05) is 39.0 Å². The van der Waals surface area contributed by atoms with Crippen molar-refractivity contribution in [3.05, 3.63) is 94.6 Å². The molecule has 0 spiro atoms. The van der Waals surface area contributed by atoms with Crippen molar-refractivity contribution in [2.45, 2.75) is 50.5 Å². The lowest BCUT2D eigenvalue weighted by Gasteiger charge is -2.11. The van der Waals surface area contributed by atoms with Crippen LogP contribution in [0.4, 0.5) is 0 Å². The summed E-state index contributed by atoms with van der Waals surface area (Å²) >= 11 is 1.70. The summed E-state index contributed by atoms with van der Waals surface area (Å²) in [6.07, 6.45) is 0.260. The number of nitrogens with one attached hydrogen (secondary N) is 1. The molecule has 0 aliphatic heterocycles. The van der Waals surface area contributed by atoms with Crippen LogP contribution in [-0.2, 0) is 17.8 Å². The molecule has 1 N–H and O–H groups in total. The first kappa shape index (κ1) is 22.7. The molecular formula is C26H27N5OS. The number of rotatable bonds is 7. The van der Waals surface area contributed by atoms with E-state index in [1.165, 1.54) is 4.90 Å². The van der Waals surface area contributed by atoms with Crippen molar-refractivity contribution in [2.75, 3.05) is 0 Å². The Hall–Kier alpha value is -3.45. The molecule has 7 heteroatoms.